The summed E-state index contributed by atoms with van der Waals surface area (Å²) in [5.74, 6) is 0.707. The molecule has 1 aromatic carbocycles. The zero-order chi connectivity index (χ0) is 11.4. The number of hydrogen-bond acceptors (Lipinski definition) is 4. The van der Waals surface area contributed by atoms with Gasteiger partial charge in [-0.25, -0.2) is 0 Å². The molecule has 0 aromatic heterocycles. The monoisotopic (exact) mass is 219 g/mol. The van der Waals surface area contributed by atoms with Crippen LogP contribution in [0.4, 0.5) is 0 Å². The maximum absolute atomic E-state index is 8.78. The summed E-state index contributed by atoms with van der Waals surface area (Å²) in [7, 11) is 0. The molecule has 1 aliphatic rings. The van der Waals surface area contributed by atoms with Crippen molar-refractivity contribution in [2.75, 3.05) is 19.8 Å². The second-order valence-electron chi connectivity index (χ2n) is 3.57. The third kappa shape index (κ3) is 2.51. The van der Waals surface area contributed by atoms with Crippen molar-refractivity contribution in [3.8, 4) is 11.8 Å². The average Bonchev–Trinajstić information content (AvgIpc) is 2.81. The Morgan fingerprint density at radius 1 is 1.44 bits per heavy atom. The second kappa shape index (κ2) is 4.97. The highest BCUT2D eigenvalue weighted by atomic mass is 16.7. The molecule has 0 unspecified atom stereocenters. The summed E-state index contributed by atoms with van der Waals surface area (Å²) in [6, 6.07) is 7.44. The van der Waals surface area contributed by atoms with E-state index in [-0.39, 0.29) is 6.29 Å². The summed E-state index contributed by atoms with van der Waals surface area (Å²) in [6.45, 7) is 3.53. The van der Waals surface area contributed by atoms with Gasteiger partial charge in [-0.1, -0.05) is 6.07 Å². The van der Waals surface area contributed by atoms with E-state index in [0.717, 1.165) is 5.56 Å². The van der Waals surface area contributed by atoms with Gasteiger partial charge in [0.05, 0.1) is 24.8 Å². The molecule has 0 bridgehead atoms. The van der Waals surface area contributed by atoms with Gasteiger partial charge < -0.3 is 14.2 Å². The minimum atomic E-state index is -0.287. The lowest BCUT2D eigenvalue weighted by Gasteiger charge is -2.12. The van der Waals surface area contributed by atoms with Crippen LogP contribution in [0.15, 0.2) is 18.2 Å². The van der Waals surface area contributed by atoms with Crippen LogP contribution in [0.1, 0.15) is 11.1 Å². The number of hydrogen-bond donors (Lipinski definition) is 0. The summed E-state index contributed by atoms with van der Waals surface area (Å²) >= 11 is 0. The topological polar surface area (TPSA) is 51.5 Å². The molecular weight excluding hydrogens is 206 g/mol. The molecule has 16 heavy (non-hydrogen) atoms. The van der Waals surface area contributed by atoms with Crippen molar-refractivity contribution in [2.24, 2.45) is 0 Å². The van der Waals surface area contributed by atoms with Crippen molar-refractivity contribution >= 4 is 0 Å². The minimum Gasteiger partial charge on any atom is -0.488 e. The molecule has 4 nitrogen and oxygen atoms in total. The first-order valence-corrected chi connectivity index (χ1v) is 5.16. The average molecular weight is 219 g/mol. The zero-order valence-corrected chi connectivity index (χ0v) is 9.10. The van der Waals surface area contributed by atoms with Gasteiger partial charge in [0.1, 0.15) is 12.4 Å². The molecule has 1 aliphatic heterocycles. The van der Waals surface area contributed by atoms with Crippen LogP contribution < -0.4 is 4.74 Å². The molecule has 2 rings (SSSR count). The summed E-state index contributed by atoms with van der Waals surface area (Å²) in [4.78, 5) is 0. The molecule has 1 aromatic rings. The van der Waals surface area contributed by atoms with Crippen LogP contribution in [0.25, 0.3) is 0 Å². The summed E-state index contributed by atoms with van der Waals surface area (Å²) in [6.07, 6.45) is -0.287. The van der Waals surface area contributed by atoms with Gasteiger partial charge in [0, 0.05) is 0 Å². The molecule has 1 heterocycles. The SMILES string of the molecule is Cc1ccc(C#N)cc1OCC1OCCO1. The fourth-order valence-electron chi connectivity index (χ4n) is 1.49. The van der Waals surface area contributed by atoms with Crippen LogP contribution >= 0.6 is 0 Å². The lowest BCUT2D eigenvalue weighted by Crippen LogP contribution is -2.18. The van der Waals surface area contributed by atoms with Crippen molar-refractivity contribution in [2.45, 2.75) is 13.2 Å². The Kier molecular flexibility index (Phi) is 3.40. The van der Waals surface area contributed by atoms with Gasteiger partial charge in [-0.2, -0.15) is 5.26 Å². The third-order valence-electron chi connectivity index (χ3n) is 2.38. The molecule has 0 spiro atoms. The van der Waals surface area contributed by atoms with E-state index >= 15 is 0 Å². The molecule has 84 valence electrons. The molecule has 0 aliphatic carbocycles. The Balaban J connectivity index is 2.00. The van der Waals surface area contributed by atoms with Gasteiger partial charge >= 0.3 is 0 Å². The van der Waals surface area contributed by atoms with Crippen LogP contribution in [0.5, 0.6) is 5.75 Å². The molecule has 1 fully saturated rings. The van der Waals surface area contributed by atoms with Gasteiger partial charge in [-0.3, -0.25) is 0 Å². The van der Waals surface area contributed by atoms with Gasteiger partial charge in [-0.15, -0.1) is 0 Å². The molecule has 0 N–H and O–H groups in total. The number of nitrogens with zero attached hydrogens (tertiary/aromatic N) is 1. The number of nitriles is 1. The molecule has 1 saturated heterocycles. The predicted octanol–water partition coefficient (Wildman–Crippen LogP) is 1.62. The zero-order valence-electron chi connectivity index (χ0n) is 9.10. The maximum atomic E-state index is 8.78. The minimum absolute atomic E-state index is 0.287. The highest BCUT2D eigenvalue weighted by molar-refractivity contribution is 5.41. The van der Waals surface area contributed by atoms with E-state index in [2.05, 4.69) is 6.07 Å². The number of rotatable bonds is 3. The van der Waals surface area contributed by atoms with Crippen molar-refractivity contribution in [1.29, 1.82) is 5.26 Å². The molecule has 4 heteroatoms. The van der Waals surface area contributed by atoms with E-state index in [1.807, 2.05) is 13.0 Å². The maximum Gasteiger partial charge on any atom is 0.191 e. The largest absolute Gasteiger partial charge is 0.488 e. The molecular formula is C12H13NO3. The summed E-state index contributed by atoms with van der Waals surface area (Å²) in [5, 5.41) is 8.78. The van der Waals surface area contributed by atoms with Crippen LogP contribution in [-0.4, -0.2) is 26.1 Å². The third-order valence-corrected chi connectivity index (χ3v) is 2.38. The highest BCUT2D eigenvalue weighted by Gasteiger charge is 2.16. The first kappa shape index (κ1) is 10.9. The molecule has 0 atom stereocenters. The Labute approximate surface area is 94.3 Å². The summed E-state index contributed by atoms with van der Waals surface area (Å²) < 4.78 is 16.1. The van der Waals surface area contributed by atoms with Crippen LogP contribution in [0.3, 0.4) is 0 Å². The van der Waals surface area contributed by atoms with Crippen LogP contribution in [-0.2, 0) is 9.47 Å². The van der Waals surface area contributed by atoms with Crippen LogP contribution in [0, 0.1) is 18.3 Å². The van der Waals surface area contributed by atoms with Crippen molar-refractivity contribution in [3.63, 3.8) is 0 Å². The first-order valence-electron chi connectivity index (χ1n) is 5.16. The Morgan fingerprint density at radius 2 is 2.19 bits per heavy atom. The van der Waals surface area contributed by atoms with Crippen LogP contribution in [0.2, 0.25) is 0 Å². The van der Waals surface area contributed by atoms with Crippen molar-refractivity contribution < 1.29 is 14.2 Å². The fourth-order valence-corrected chi connectivity index (χ4v) is 1.49. The second-order valence-corrected chi connectivity index (χ2v) is 3.57. The highest BCUT2D eigenvalue weighted by Crippen LogP contribution is 2.20. The predicted molar refractivity (Wildman–Crippen MR) is 57.1 cm³/mol. The number of benzene rings is 1. The van der Waals surface area contributed by atoms with Gasteiger partial charge in [0.25, 0.3) is 0 Å². The smallest absolute Gasteiger partial charge is 0.191 e. The van der Waals surface area contributed by atoms with Gasteiger partial charge in [0.15, 0.2) is 6.29 Å². The normalized spacial score (nSPS) is 16.0. The van der Waals surface area contributed by atoms with Crippen molar-refractivity contribution in [1.82, 2.24) is 0 Å². The fraction of sp³-hybridized carbons (Fsp3) is 0.417. The lowest BCUT2D eigenvalue weighted by molar-refractivity contribution is -0.0685. The van der Waals surface area contributed by atoms with E-state index < -0.39 is 0 Å². The van der Waals surface area contributed by atoms with E-state index in [0.29, 0.717) is 31.1 Å². The van der Waals surface area contributed by atoms with Gasteiger partial charge in [-0.05, 0) is 24.6 Å². The Hall–Kier alpha value is -1.57. The molecule has 0 saturated carbocycles. The lowest BCUT2D eigenvalue weighted by atomic mass is 10.1. The first-order chi connectivity index (χ1) is 7.79. The van der Waals surface area contributed by atoms with Crippen molar-refractivity contribution in [3.05, 3.63) is 29.3 Å². The van der Waals surface area contributed by atoms with E-state index in [9.17, 15) is 0 Å². The summed E-state index contributed by atoms with van der Waals surface area (Å²) in [5.41, 5.74) is 1.59. The molecule has 0 amide bonds. The van der Waals surface area contributed by atoms with E-state index in [1.165, 1.54) is 0 Å². The number of aryl methyl sites for hydroxylation is 1. The standard InChI is InChI=1S/C12H13NO3/c1-9-2-3-10(7-13)6-11(9)16-8-12-14-4-5-15-12/h2-3,6,12H,4-5,8H2,1H3. The van der Waals surface area contributed by atoms with Gasteiger partial charge in [0.2, 0.25) is 0 Å². The quantitative estimate of drug-likeness (QED) is 0.775. The molecule has 0 radical (unpaired) electrons. The Bertz CT molecular complexity index is 405. The van der Waals surface area contributed by atoms with E-state index in [1.54, 1.807) is 12.1 Å². The van der Waals surface area contributed by atoms with E-state index in [4.69, 9.17) is 19.5 Å². The number of ether oxygens (including phenoxy) is 3. The Morgan fingerprint density at radius 3 is 2.88 bits per heavy atom.